The molecule has 0 spiro atoms. The maximum Gasteiger partial charge on any atom is 0.186 e. The number of aryl methyl sites for hydroxylation is 4. The van der Waals surface area contributed by atoms with Gasteiger partial charge < -0.3 is 4.98 Å². The standard InChI is InChI=1S/C35H34N3/c1-24(2)28-10-11-32-29(23-36-35(32)20-28)7-6-25-12-16-38-18-14-27-9-8-26-13-17-37-15-4-3-5-30(37)21-33(26)34(27)22-31(38)19-25/h3-12,15-16,19-20,23-24H,13-14,17-18,21-22H2,1-2H3/q+1/p+1. The van der Waals surface area contributed by atoms with E-state index in [1.54, 1.807) is 11.1 Å². The molecule has 3 nitrogen and oxygen atoms in total. The van der Waals surface area contributed by atoms with Gasteiger partial charge in [-0.3, -0.25) is 0 Å². The van der Waals surface area contributed by atoms with Crippen LogP contribution in [0.15, 0.2) is 79.3 Å². The Bertz CT molecular complexity index is 1700. The zero-order valence-electron chi connectivity index (χ0n) is 22.4. The van der Waals surface area contributed by atoms with Crippen LogP contribution in [0.2, 0.25) is 0 Å². The van der Waals surface area contributed by atoms with E-state index in [1.165, 1.54) is 50.1 Å². The Morgan fingerprint density at radius 1 is 0.763 bits per heavy atom. The molecular weight excluding hydrogens is 462 g/mol. The van der Waals surface area contributed by atoms with Crippen LogP contribution in [0.5, 0.6) is 0 Å². The van der Waals surface area contributed by atoms with Crippen LogP contribution < -0.4 is 9.13 Å². The number of nitrogens with zero attached hydrogens (tertiary/aromatic N) is 2. The lowest BCUT2D eigenvalue weighted by molar-refractivity contribution is -0.702. The normalized spacial score (nSPS) is 14.6. The molecule has 188 valence electrons. The predicted molar refractivity (Wildman–Crippen MR) is 154 cm³/mol. The van der Waals surface area contributed by atoms with Crippen molar-refractivity contribution in [3.8, 4) is 0 Å². The van der Waals surface area contributed by atoms with Crippen molar-refractivity contribution in [1.29, 1.82) is 0 Å². The number of hydrogen-bond donors (Lipinski definition) is 1. The molecule has 0 atom stereocenters. The molecule has 0 fully saturated rings. The molecule has 2 aromatic carbocycles. The second-order valence-corrected chi connectivity index (χ2v) is 11.3. The predicted octanol–water partition coefficient (Wildman–Crippen LogP) is 6.33. The van der Waals surface area contributed by atoms with E-state index in [1.807, 2.05) is 0 Å². The first-order chi connectivity index (χ1) is 18.6. The van der Waals surface area contributed by atoms with E-state index in [0.29, 0.717) is 5.92 Å². The zero-order valence-corrected chi connectivity index (χ0v) is 22.4. The summed E-state index contributed by atoms with van der Waals surface area (Å²) in [5, 5.41) is 1.28. The van der Waals surface area contributed by atoms with E-state index in [2.05, 4.69) is 119 Å². The lowest BCUT2D eigenvalue weighted by Gasteiger charge is -2.13. The van der Waals surface area contributed by atoms with Gasteiger partial charge in [-0.15, -0.1) is 0 Å². The monoisotopic (exact) mass is 497 g/mol. The Hall–Kier alpha value is -3.98. The first kappa shape index (κ1) is 23.2. The molecule has 3 aromatic heterocycles. The molecule has 0 saturated heterocycles. The Balaban J connectivity index is 1.21. The van der Waals surface area contributed by atoms with Crippen LogP contribution in [0.3, 0.4) is 0 Å². The fourth-order valence-corrected chi connectivity index (χ4v) is 6.35. The van der Waals surface area contributed by atoms with Crippen LogP contribution in [0.4, 0.5) is 0 Å². The molecule has 0 amide bonds. The van der Waals surface area contributed by atoms with Crippen molar-refractivity contribution >= 4 is 23.1 Å². The number of aromatic nitrogens is 3. The van der Waals surface area contributed by atoms with E-state index >= 15 is 0 Å². The van der Waals surface area contributed by atoms with Gasteiger partial charge in [0.2, 0.25) is 0 Å². The Labute approximate surface area is 225 Å². The fraction of sp³-hybridized carbons (Fsp3) is 0.257. The molecule has 2 aliphatic heterocycles. The summed E-state index contributed by atoms with van der Waals surface area (Å²) >= 11 is 0. The topological polar surface area (TPSA) is 23.5 Å². The first-order valence-corrected chi connectivity index (χ1v) is 14.0. The van der Waals surface area contributed by atoms with Crippen LogP contribution >= 0.6 is 0 Å². The molecule has 3 heteroatoms. The minimum absolute atomic E-state index is 0.535. The quantitative estimate of drug-likeness (QED) is 0.282. The summed E-state index contributed by atoms with van der Waals surface area (Å²) in [6.45, 7) is 6.59. The molecule has 0 saturated carbocycles. The third-order valence-corrected chi connectivity index (χ3v) is 8.63. The van der Waals surface area contributed by atoms with Gasteiger partial charge in [-0.2, -0.15) is 0 Å². The third kappa shape index (κ3) is 4.16. The van der Waals surface area contributed by atoms with Gasteiger partial charge in [-0.25, -0.2) is 9.13 Å². The van der Waals surface area contributed by atoms with Crippen LogP contribution in [0.1, 0.15) is 70.1 Å². The van der Waals surface area contributed by atoms with Gasteiger partial charge in [0.1, 0.15) is 0 Å². The van der Waals surface area contributed by atoms with Crippen LogP contribution in [-0.4, -0.2) is 4.98 Å². The van der Waals surface area contributed by atoms with E-state index in [0.717, 1.165) is 38.8 Å². The smallest absolute Gasteiger partial charge is 0.186 e. The molecule has 2 aliphatic rings. The average molecular weight is 498 g/mol. The molecule has 1 N–H and O–H groups in total. The maximum atomic E-state index is 3.47. The third-order valence-electron chi connectivity index (χ3n) is 8.63. The number of fused-ring (bicyclic) bond motifs is 6. The number of aromatic amines is 1. The summed E-state index contributed by atoms with van der Waals surface area (Å²) in [6, 6.07) is 22.9. The lowest BCUT2D eigenvalue weighted by atomic mass is 9.89. The van der Waals surface area contributed by atoms with Crippen molar-refractivity contribution in [2.45, 2.75) is 58.5 Å². The molecule has 0 aliphatic carbocycles. The summed E-state index contributed by atoms with van der Waals surface area (Å²) in [5.74, 6) is 0.535. The molecule has 0 unspecified atom stereocenters. The van der Waals surface area contributed by atoms with E-state index < -0.39 is 0 Å². The Morgan fingerprint density at radius 3 is 2.32 bits per heavy atom. The number of nitrogens with one attached hydrogen (secondary N) is 1. The zero-order chi connectivity index (χ0) is 25.6. The van der Waals surface area contributed by atoms with Gasteiger partial charge in [0, 0.05) is 54.2 Å². The number of rotatable bonds is 3. The summed E-state index contributed by atoms with van der Waals surface area (Å²) in [7, 11) is 0. The lowest BCUT2D eigenvalue weighted by Crippen LogP contribution is -2.38. The Kier molecular flexibility index (Phi) is 5.73. The van der Waals surface area contributed by atoms with Crippen LogP contribution in [0.25, 0.3) is 23.1 Å². The summed E-state index contributed by atoms with van der Waals surface area (Å²) in [5.41, 5.74) is 14.1. The highest BCUT2D eigenvalue weighted by Gasteiger charge is 2.26. The molecule has 5 aromatic rings. The maximum absolute atomic E-state index is 3.47. The van der Waals surface area contributed by atoms with Gasteiger partial charge in [-0.05, 0) is 50.9 Å². The highest BCUT2D eigenvalue weighted by molar-refractivity contribution is 5.91. The van der Waals surface area contributed by atoms with E-state index in [-0.39, 0.29) is 0 Å². The SMILES string of the molecule is CC(C)c1ccc2c(/C=C/c3cc[n+]4c(c3)Cc3c(ccc5c3Cc3cccc[n+]3CC5)CC4)c[nH]c2c1. The molecule has 5 heterocycles. The van der Waals surface area contributed by atoms with Gasteiger partial charge in [0.05, 0.1) is 12.8 Å². The van der Waals surface area contributed by atoms with E-state index in [4.69, 9.17) is 0 Å². The van der Waals surface area contributed by atoms with Crippen molar-refractivity contribution in [1.82, 2.24) is 4.98 Å². The van der Waals surface area contributed by atoms with Crippen molar-refractivity contribution in [2.75, 3.05) is 0 Å². The number of hydrogen-bond acceptors (Lipinski definition) is 0. The molecule has 0 bridgehead atoms. The van der Waals surface area contributed by atoms with Crippen molar-refractivity contribution in [3.05, 3.63) is 130 Å². The number of H-pyrrole nitrogens is 1. The van der Waals surface area contributed by atoms with Crippen LogP contribution in [0, 0.1) is 0 Å². The highest BCUT2D eigenvalue weighted by Crippen LogP contribution is 2.29. The van der Waals surface area contributed by atoms with Gasteiger partial charge in [-0.1, -0.05) is 56.3 Å². The van der Waals surface area contributed by atoms with Crippen LogP contribution in [-0.2, 0) is 38.8 Å². The number of benzene rings is 2. The highest BCUT2D eigenvalue weighted by atomic mass is 15.0. The van der Waals surface area contributed by atoms with E-state index in [9.17, 15) is 0 Å². The largest absolute Gasteiger partial charge is 0.361 e. The average Bonchev–Trinajstić information content (AvgIpc) is 3.11. The summed E-state index contributed by atoms with van der Waals surface area (Å²) in [6.07, 6.45) is 15.4. The molecule has 7 rings (SSSR count). The molecule has 0 radical (unpaired) electrons. The first-order valence-electron chi connectivity index (χ1n) is 14.0. The molecular formula is C35H35N3+2. The van der Waals surface area contributed by atoms with Gasteiger partial charge in [0.25, 0.3) is 0 Å². The second kappa shape index (κ2) is 9.40. The summed E-state index contributed by atoms with van der Waals surface area (Å²) in [4.78, 5) is 3.47. The van der Waals surface area contributed by atoms with Crippen molar-refractivity contribution < 1.29 is 9.13 Å². The number of pyridine rings is 2. The molecule has 38 heavy (non-hydrogen) atoms. The Morgan fingerprint density at radius 2 is 1.53 bits per heavy atom. The van der Waals surface area contributed by atoms with Gasteiger partial charge in [0.15, 0.2) is 36.9 Å². The summed E-state index contributed by atoms with van der Waals surface area (Å²) < 4.78 is 4.89. The van der Waals surface area contributed by atoms with Gasteiger partial charge >= 0.3 is 0 Å². The fourth-order valence-electron chi connectivity index (χ4n) is 6.35. The minimum Gasteiger partial charge on any atom is -0.361 e. The second-order valence-electron chi connectivity index (χ2n) is 11.3. The van der Waals surface area contributed by atoms with Crippen molar-refractivity contribution in [3.63, 3.8) is 0 Å². The van der Waals surface area contributed by atoms with Crippen molar-refractivity contribution in [2.24, 2.45) is 0 Å². The minimum atomic E-state index is 0.535.